The first-order chi connectivity index (χ1) is 9.11. The first kappa shape index (κ1) is 13.0. The second-order valence-electron chi connectivity index (χ2n) is 4.09. The van der Waals surface area contributed by atoms with E-state index in [1.54, 1.807) is 38.4 Å². The number of hydrogen-bond donors (Lipinski definition) is 2. The number of aromatic nitrogens is 1. The van der Waals surface area contributed by atoms with Crippen LogP contribution in [0, 0.1) is 12.7 Å². The van der Waals surface area contributed by atoms with E-state index in [0.717, 1.165) is 0 Å². The molecule has 0 spiro atoms. The van der Waals surface area contributed by atoms with Gasteiger partial charge in [0.25, 0.3) is 5.91 Å². The van der Waals surface area contributed by atoms with Crippen molar-refractivity contribution in [3.05, 3.63) is 53.6 Å². The molecular formula is C14H14FN3O. The molecule has 1 amide bonds. The molecule has 0 saturated heterocycles. The van der Waals surface area contributed by atoms with Gasteiger partial charge in [0, 0.05) is 18.9 Å². The quantitative estimate of drug-likeness (QED) is 0.891. The molecule has 0 saturated carbocycles. The summed E-state index contributed by atoms with van der Waals surface area (Å²) in [6.07, 6.45) is 3.09. The van der Waals surface area contributed by atoms with Gasteiger partial charge in [-0.3, -0.25) is 9.78 Å². The van der Waals surface area contributed by atoms with Gasteiger partial charge in [0.05, 0.1) is 17.4 Å². The zero-order chi connectivity index (χ0) is 13.8. The van der Waals surface area contributed by atoms with Crippen molar-refractivity contribution in [2.24, 2.45) is 0 Å². The first-order valence-corrected chi connectivity index (χ1v) is 5.81. The van der Waals surface area contributed by atoms with Gasteiger partial charge in [0.15, 0.2) is 0 Å². The van der Waals surface area contributed by atoms with Crippen molar-refractivity contribution in [2.45, 2.75) is 6.92 Å². The SMILES string of the molecule is CNc1cnccc1C(=O)Nc1ccc(C)c(F)c1. The van der Waals surface area contributed by atoms with E-state index in [9.17, 15) is 9.18 Å². The van der Waals surface area contributed by atoms with E-state index in [0.29, 0.717) is 22.5 Å². The van der Waals surface area contributed by atoms with Gasteiger partial charge >= 0.3 is 0 Å². The number of carbonyl (C=O) groups excluding carboxylic acids is 1. The van der Waals surface area contributed by atoms with Crippen molar-refractivity contribution in [2.75, 3.05) is 17.7 Å². The summed E-state index contributed by atoms with van der Waals surface area (Å²) < 4.78 is 13.4. The van der Waals surface area contributed by atoms with Crippen molar-refractivity contribution >= 4 is 17.3 Å². The minimum absolute atomic E-state index is 0.310. The van der Waals surface area contributed by atoms with Gasteiger partial charge in [0.2, 0.25) is 0 Å². The molecule has 0 bridgehead atoms. The highest BCUT2D eigenvalue weighted by molar-refractivity contribution is 6.07. The molecule has 0 atom stereocenters. The fourth-order valence-corrected chi connectivity index (χ4v) is 1.66. The average molecular weight is 259 g/mol. The summed E-state index contributed by atoms with van der Waals surface area (Å²) in [6, 6.07) is 6.19. The topological polar surface area (TPSA) is 54.0 Å². The number of aryl methyl sites for hydroxylation is 1. The summed E-state index contributed by atoms with van der Waals surface area (Å²) in [5, 5.41) is 5.54. The van der Waals surface area contributed by atoms with Crippen LogP contribution in [0.1, 0.15) is 15.9 Å². The van der Waals surface area contributed by atoms with E-state index in [1.165, 1.54) is 12.3 Å². The number of carbonyl (C=O) groups is 1. The van der Waals surface area contributed by atoms with Crippen LogP contribution in [0.3, 0.4) is 0 Å². The number of nitrogens with one attached hydrogen (secondary N) is 2. The molecule has 1 aromatic carbocycles. The van der Waals surface area contributed by atoms with Crippen LogP contribution < -0.4 is 10.6 Å². The standard InChI is InChI=1S/C14H14FN3O/c1-9-3-4-10(7-12(9)15)18-14(19)11-5-6-17-8-13(11)16-2/h3-8,16H,1-2H3,(H,18,19). The third-order valence-corrected chi connectivity index (χ3v) is 2.76. The van der Waals surface area contributed by atoms with Gasteiger partial charge in [-0.05, 0) is 30.7 Å². The average Bonchev–Trinajstić information content (AvgIpc) is 2.43. The Hall–Kier alpha value is -2.43. The summed E-state index contributed by atoms with van der Waals surface area (Å²) >= 11 is 0. The van der Waals surface area contributed by atoms with Crippen LogP contribution in [0.4, 0.5) is 15.8 Å². The summed E-state index contributed by atoms with van der Waals surface area (Å²) in [7, 11) is 1.71. The number of hydrogen-bond acceptors (Lipinski definition) is 3. The Morgan fingerprint density at radius 1 is 1.32 bits per heavy atom. The highest BCUT2D eigenvalue weighted by Gasteiger charge is 2.11. The largest absolute Gasteiger partial charge is 0.386 e. The predicted molar refractivity (Wildman–Crippen MR) is 72.9 cm³/mol. The first-order valence-electron chi connectivity index (χ1n) is 5.81. The zero-order valence-electron chi connectivity index (χ0n) is 10.7. The molecular weight excluding hydrogens is 245 g/mol. The van der Waals surface area contributed by atoms with Crippen LogP contribution in [-0.2, 0) is 0 Å². The van der Waals surface area contributed by atoms with Crippen molar-refractivity contribution in [1.29, 1.82) is 0 Å². The highest BCUT2D eigenvalue weighted by atomic mass is 19.1. The second kappa shape index (κ2) is 5.48. The van der Waals surface area contributed by atoms with Gasteiger partial charge in [-0.1, -0.05) is 6.07 Å². The van der Waals surface area contributed by atoms with Gasteiger partial charge in [-0.25, -0.2) is 4.39 Å². The molecule has 2 aromatic rings. The lowest BCUT2D eigenvalue weighted by Crippen LogP contribution is -2.14. The van der Waals surface area contributed by atoms with Crippen LogP contribution in [0.5, 0.6) is 0 Å². The highest BCUT2D eigenvalue weighted by Crippen LogP contribution is 2.17. The van der Waals surface area contributed by atoms with Crippen LogP contribution in [0.15, 0.2) is 36.7 Å². The monoisotopic (exact) mass is 259 g/mol. The maximum atomic E-state index is 13.4. The van der Waals surface area contributed by atoms with Gasteiger partial charge < -0.3 is 10.6 Å². The Bertz CT molecular complexity index is 613. The van der Waals surface area contributed by atoms with Crippen LogP contribution in [0.25, 0.3) is 0 Å². The Kier molecular flexibility index (Phi) is 3.75. The molecule has 2 N–H and O–H groups in total. The maximum absolute atomic E-state index is 13.4. The molecule has 1 aromatic heterocycles. The molecule has 98 valence electrons. The Morgan fingerprint density at radius 3 is 2.79 bits per heavy atom. The Morgan fingerprint density at radius 2 is 2.11 bits per heavy atom. The van der Waals surface area contributed by atoms with Gasteiger partial charge in [-0.2, -0.15) is 0 Å². The Labute approximate surface area is 110 Å². The fourth-order valence-electron chi connectivity index (χ4n) is 1.66. The lowest BCUT2D eigenvalue weighted by atomic mass is 10.2. The summed E-state index contributed by atoms with van der Waals surface area (Å²) in [5.41, 5.74) is 2.04. The molecule has 0 aliphatic carbocycles. The molecule has 0 unspecified atom stereocenters. The third kappa shape index (κ3) is 2.88. The van der Waals surface area contributed by atoms with Crippen molar-refractivity contribution in [3.63, 3.8) is 0 Å². The summed E-state index contributed by atoms with van der Waals surface area (Å²) in [6.45, 7) is 1.67. The summed E-state index contributed by atoms with van der Waals surface area (Å²) in [5.74, 6) is -0.656. The van der Waals surface area contributed by atoms with Crippen LogP contribution >= 0.6 is 0 Å². The molecule has 0 radical (unpaired) electrons. The molecule has 4 nitrogen and oxygen atoms in total. The maximum Gasteiger partial charge on any atom is 0.257 e. The number of halogens is 1. The molecule has 2 rings (SSSR count). The lowest BCUT2D eigenvalue weighted by molar-refractivity contribution is 0.102. The Balaban J connectivity index is 2.23. The zero-order valence-corrected chi connectivity index (χ0v) is 10.7. The number of rotatable bonds is 3. The van der Waals surface area contributed by atoms with Crippen LogP contribution in [0.2, 0.25) is 0 Å². The third-order valence-electron chi connectivity index (χ3n) is 2.76. The van der Waals surface area contributed by atoms with Crippen molar-refractivity contribution in [1.82, 2.24) is 4.98 Å². The summed E-state index contributed by atoms with van der Waals surface area (Å²) in [4.78, 5) is 16.0. The minimum Gasteiger partial charge on any atom is -0.386 e. The number of benzene rings is 1. The van der Waals surface area contributed by atoms with E-state index < -0.39 is 0 Å². The van der Waals surface area contributed by atoms with E-state index in [4.69, 9.17) is 0 Å². The number of anilines is 2. The molecule has 19 heavy (non-hydrogen) atoms. The molecule has 0 aliphatic heterocycles. The van der Waals surface area contributed by atoms with Gasteiger partial charge in [0.1, 0.15) is 5.82 Å². The van der Waals surface area contributed by atoms with E-state index in [2.05, 4.69) is 15.6 Å². The minimum atomic E-state index is -0.346. The second-order valence-corrected chi connectivity index (χ2v) is 4.09. The van der Waals surface area contributed by atoms with Crippen molar-refractivity contribution < 1.29 is 9.18 Å². The number of amides is 1. The molecule has 0 fully saturated rings. The lowest BCUT2D eigenvalue weighted by Gasteiger charge is -2.09. The van der Waals surface area contributed by atoms with E-state index in [1.807, 2.05) is 0 Å². The van der Waals surface area contributed by atoms with Gasteiger partial charge in [-0.15, -0.1) is 0 Å². The number of nitrogens with zero attached hydrogens (tertiary/aromatic N) is 1. The van der Waals surface area contributed by atoms with Crippen LogP contribution in [-0.4, -0.2) is 17.9 Å². The smallest absolute Gasteiger partial charge is 0.257 e. The van der Waals surface area contributed by atoms with E-state index >= 15 is 0 Å². The molecule has 1 heterocycles. The number of pyridine rings is 1. The fraction of sp³-hybridized carbons (Fsp3) is 0.143. The molecule has 5 heteroatoms. The van der Waals surface area contributed by atoms with Crippen molar-refractivity contribution in [3.8, 4) is 0 Å². The van der Waals surface area contributed by atoms with E-state index in [-0.39, 0.29) is 11.7 Å². The molecule has 0 aliphatic rings. The normalized spacial score (nSPS) is 10.1. The predicted octanol–water partition coefficient (Wildman–Crippen LogP) is 2.82.